The molecule has 4 heteroatoms. The summed E-state index contributed by atoms with van der Waals surface area (Å²) in [6, 6.07) is 0.0416. The first-order chi connectivity index (χ1) is 5.14. The average molecular weight is 175 g/mol. The molecule has 1 unspecified atom stereocenters. The van der Waals surface area contributed by atoms with Gasteiger partial charge in [-0.25, -0.2) is 8.42 Å². The summed E-state index contributed by atoms with van der Waals surface area (Å²) in [5, 5.41) is 0. The van der Waals surface area contributed by atoms with Crippen LogP contribution in [-0.2, 0) is 9.84 Å². The minimum Gasteiger partial charge on any atom is -0.293 e. The van der Waals surface area contributed by atoms with Gasteiger partial charge in [0.1, 0.15) is 0 Å². The molecule has 64 valence electrons. The zero-order valence-electron chi connectivity index (χ0n) is 6.66. The molecule has 1 aliphatic rings. The molecule has 11 heavy (non-hydrogen) atoms. The van der Waals surface area contributed by atoms with Crippen LogP contribution in [0, 0.1) is 0 Å². The van der Waals surface area contributed by atoms with Crippen molar-refractivity contribution in [2.24, 2.45) is 4.99 Å². The first kappa shape index (κ1) is 8.71. The Morgan fingerprint density at radius 3 is 2.82 bits per heavy atom. The van der Waals surface area contributed by atoms with Crippen LogP contribution in [0.25, 0.3) is 0 Å². The molecule has 0 amide bonds. The number of hydrogen-bond donors (Lipinski definition) is 0. The van der Waals surface area contributed by atoms with Gasteiger partial charge in [0.15, 0.2) is 9.84 Å². The van der Waals surface area contributed by atoms with Gasteiger partial charge in [-0.3, -0.25) is 4.99 Å². The summed E-state index contributed by atoms with van der Waals surface area (Å²) in [5.41, 5.74) is 0. The van der Waals surface area contributed by atoms with E-state index in [1.54, 1.807) is 6.21 Å². The first-order valence-electron chi connectivity index (χ1n) is 3.86. The van der Waals surface area contributed by atoms with Gasteiger partial charge in [-0.1, -0.05) is 6.92 Å². The first-order valence-corrected chi connectivity index (χ1v) is 5.68. The molecule has 1 saturated heterocycles. The summed E-state index contributed by atoms with van der Waals surface area (Å²) in [6.07, 6.45) is 3.39. The van der Waals surface area contributed by atoms with Gasteiger partial charge in [0.2, 0.25) is 0 Å². The Labute approximate surface area is 67.4 Å². The Hall–Kier alpha value is -0.380. The Balaban J connectivity index is 2.49. The predicted molar refractivity (Wildman–Crippen MR) is 45.8 cm³/mol. The summed E-state index contributed by atoms with van der Waals surface area (Å²) < 4.78 is 21.9. The molecule has 0 saturated carbocycles. The zero-order chi connectivity index (χ0) is 8.32. The molecule has 0 spiro atoms. The van der Waals surface area contributed by atoms with Crippen LogP contribution in [0.4, 0.5) is 0 Å². The van der Waals surface area contributed by atoms with Gasteiger partial charge in [0.25, 0.3) is 0 Å². The van der Waals surface area contributed by atoms with Crippen molar-refractivity contribution in [1.29, 1.82) is 0 Å². The van der Waals surface area contributed by atoms with E-state index in [4.69, 9.17) is 0 Å². The van der Waals surface area contributed by atoms with E-state index in [-0.39, 0.29) is 11.8 Å². The van der Waals surface area contributed by atoms with Gasteiger partial charge in [-0.2, -0.15) is 0 Å². The lowest BCUT2D eigenvalue weighted by molar-refractivity contribution is 0.601. The summed E-state index contributed by atoms with van der Waals surface area (Å²) in [6.45, 7) is 1.99. The molecule has 0 radical (unpaired) electrons. The Morgan fingerprint density at radius 2 is 2.36 bits per heavy atom. The van der Waals surface area contributed by atoms with Gasteiger partial charge >= 0.3 is 0 Å². The molecule has 0 aromatic rings. The molecular formula is C7H13NO2S. The topological polar surface area (TPSA) is 46.5 Å². The monoisotopic (exact) mass is 175 g/mol. The highest BCUT2D eigenvalue weighted by Gasteiger charge is 2.26. The van der Waals surface area contributed by atoms with Crippen LogP contribution >= 0.6 is 0 Å². The maximum atomic E-state index is 10.9. The van der Waals surface area contributed by atoms with Crippen molar-refractivity contribution in [1.82, 2.24) is 0 Å². The Bertz CT molecular complexity index is 243. The lowest BCUT2D eigenvalue weighted by Gasteiger charge is -1.96. The number of rotatable bonds is 2. The summed E-state index contributed by atoms with van der Waals surface area (Å²) >= 11 is 0. The average Bonchev–Trinajstić information content (AvgIpc) is 2.26. The van der Waals surface area contributed by atoms with Gasteiger partial charge in [-0.15, -0.1) is 0 Å². The van der Waals surface area contributed by atoms with Crippen LogP contribution in [0.1, 0.15) is 19.8 Å². The van der Waals surface area contributed by atoms with Crippen LogP contribution in [0.5, 0.6) is 0 Å². The fourth-order valence-corrected chi connectivity index (χ4v) is 2.78. The largest absolute Gasteiger partial charge is 0.293 e. The molecule has 1 atom stereocenters. The van der Waals surface area contributed by atoms with Crippen molar-refractivity contribution in [2.45, 2.75) is 25.8 Å². The van der Waals surface area contributed by atoms with Crippen LogP contribution < -0.4 is 0 Å². The molecule has 1 aliphatic heterocycles. The molecule has 0 bridgehead atoms. The molecule has 0 aromatic carbocycles. The quantitative estimate of drug-likeness (QED) is 0.579. The highest BCUT2D eigenvalue weighted by Crippen LogP contribution is 2.13. The van der Waals surface area contributed by atoms with E-state index in [1.807, 2.05) is 6.92 Å². The molecule has 1 rings (SSSR count). The number of nitrogens with zero attached hydrogens (tertiary/aromatic N) is 1. The summed E-state index contributed by atoms with van der Waals surface area (Å²) in [7, 11) is -2.74. The number of hydrogen-bond acceptors (Lipinski definition) is 3. The van der Waals surface area contributed by atoms with Crippen molar-refractivity contribution < 1.29 is 8.42 Å². The second-order valence-corrected chi connectivity index (χ2v) is 5.03. The van der Waals surface area contributed by atoms with Crippen LogP contribution in [-0.4, -0.2) is 32.2 Å². The highest BCUT2D eigenvalue weighted by atomic mass is 32.2. The smallest absolute Gasteiger partial charge is 0.152 e. The molecule has 1 fully saturated rings. The van der Waals surface area contributed by atoms with Crippen molar-refractivity contribution in [2.75, 3.05) is 11.5 Å². The van der Waals surface area contributed by atoms with Crippen molar-refractivity contribution in [3.05, 3.63) is 0 Å². The third-order valence-electron chi connectivity index (χ3n) is 1.71. The maximum Gasteiger partial charge on any atom is 0.152 e. The standard InChI is InChI=1S/C7H13NO2S/c1-2-4-8-7-3-5-11(9,10)6-7/h4,7H,2-3,5-6H2,1H3. The van der Waals surface area contributed by atoms with Gasteiger partial charge in [0, 0.05) is 0 Å². The molecule has 3 nitrogen and oxygen atoms in total. The molecule has 0 aliphatic carbocycles. The molecular weight excluding hydrogens is 162 g/mol. The normalized spacial score (nSPS) is 29.7. The SMILES string of the molecule is CCC=NC1CCS(=O)(=O)C1. The van der Waals surface area contributed by atoms with E-state index < -0.39 is 9.84 Å². The predicted octanol–water partition coefficient (Wildman–Crippen LogP) is 0.654. The third-order valence-corrected chi connectivity index (χ3v) is 3.46. The minimum absolute atomic E-state index is 0.0416. The maximum absolute atomic E-state index is 10.9. The number of aliphatic imine (C=N–C) groups is 1. The lowest BCUT2D eigenvalue weighted by atomic mass is 10.3. The van der Waals surface area contributed by atoms with Gasteiger partial charge < -0.3 is 0 Å². The fourth-order valence-electron chi connectivity index (χ4n) is 1.15. The van der Waals surface area contributed by atoms with Crippen molar-refractivity contribution in [3.63, 3.8) is 0 Å². The third kappa shape index (κ3) is 2.61. The van der Waals surface area contributed by atoms with E-state index in [0.717, 1.165) is 6.42 Å². The zero-order valence-corrected chi connectivity index (χ0v) is 7.47. The minimum atomic E-state index is -2.74. The van der Waals surface area contributed by atoms with Crippen LogP contribution in [0.2, 0.25) is 0 Å². The van der Waals surface area contributed by atoms with E-state index in [2.05, 4.69) is 4.99 Å². The Kier molecular flexibility index (Phi) is 2.65. The molecule has 0 N–H and O–H groups in total. The Morgan fingerprint density at radius 1 is 1.64 bits per heavy atom. The second-order valence-electron chi connectivity index (χ2n) is 2.80. The summed E-state index contributed by atoms with van der Waals surface area (Å²) in [5.74, 6) is 0.572. The lowest BCUT2D eigenvalue weighted by Crippen LogP contribution is -2.07. The van der Waals surface area contributed by atoms with E-state index in [9.17, 15) is 8.42 Å². The fraction of sp³-hybridized carbons (Fsp3) is 0.857. The van der Waals surface area contributed by atoms with Crippen molar-refractivity contribution >= 4 is 16.1 Å². The summed E-state index contributed by atoms with van der Waals surface area (Å²) in [4.78, 5) is 4.13. The van der Waals surface area contributed by atoms with E-state index >= 15 is 0 Å². The van der Waals surface area contributed by atoms with E-state index in [1.165, 1.54) is 0 Å². The highest BCUT2D eigenvalue weighted by molar-refractivity contribution is 7.91. The van der Waals surface area contributed by atoms with Crippen molar-refractivity contribution in [3.8, 4) is 0 Å². The second kappa shape index (κ2) is 3.34. The van der Waals surface area contributed by atoms with Gasteiger partial charge in [0.05, 0.1) is 17.5 Å². The van der Waals surface area contributed by atoms with Crippen LogP contribution in [0.3, 0.4) is 0 Å². The molecule has 0 aromatic heterocycles. The van der Waals surface area contributed by atoms with Crippen LogP contribution in [0.15, 0.2) is 4.99 Å². The van der Waals surface area contributed by atoms with E-state index in [0.29, 0.717) is 12.2 Å². The van der Waals surface area contributed by atoms with Gasteiger partial charge in [-0.05, 0) is 19.1 Å². The number of sulfone groups is 1. The molecule has 1 heterocycles.